The smallest absolute Gasteiger partial charge is 0.275 e. The second kappa shape index (κ2) is 4.90. The van der Waals surface area contributed by atoms with E-state index in [4.69, 9.17) is 9.15 Å². The number of ether oxygens (including phenoxy) is 1. The Labute approximate surface area is 116 Å². The first-order valence-corrected chi connectivity index (χ1v) is 6.65. The molecule has 0 spiro atoms. The lowest BCUT2D eigenvalue weighted by Gasteiger charge is -2.36. The van der Waals surface area contributed by atoms with Gasteiger partial charge >= 0.3 is 0 Å². The number of likely N-dealkylation sites (tertiary alicyclic amines) is 1. The molecule has 2 aliphatic heterocycles. The van der Waals surface area contributed by atoms with Crippen molar-refractivity contribution in [3.8, 4) is 0 Å². The van der Waals surface area contributed by atoms with Crippen LogP contribution in [0.1, 0.15) is 16.9 Å². The zero-order chi connectivity index (χ0) is 14.2. The van der Waals surface area contributed by atoms with E-state index in [9.17, 15) is 9.59 Å². The van der Waals surface area contributed by atoms with E-state index in [-0.39, 0.29) is 23.4 Å². The van der Waals surface area contributed by atoms with Crippen LogP contribution in [0, 0.1) is 11.3 Å². The zero-order valence-electron chi connectivity index (χ0n) is 11.3. The Morgan fingerprint density at radius 2 is 2.40 bits per heavy atom. The quantitative estimate of drug-likeness (QED) is 0.817. The minimum absolute atomic E-state index is 0.0127. The number of carbonyl (C=O) groups is 2. The number of hydrogen-bond acceptors (Lipinski definition) is 5. The van der Waals surface area contributed by atoms with Crippen LogP contribution in [0.3, 0.4) is 0 Å². The van der Waals surface area contributed by atoms with Gasteiger partial charge in [-0.05, 0) is 6.42 Å². The third-order valence-electron chi connectivity index (χ3n) is 4.32. The molecule has 7 nitrogen and oxygen atoms in total. The fraction of sp³-hybridized carbons (Fsp3) is 0.615. The maximum Gasteiger partial charge on any atom is 0.275 e. The third kappa shape index (κ3) is 1.89. The molecule has 0 saturated carbocycles. The van der Waals surface area contributed by atoms with Gasteiger partial charge in [-0.15, -0.1) is 0 Å². The molecule has 0 aromatic carbocycles. The molecule has 2 fully saturated rings. The van der Waals surface area contributed by atoms with Gasteiger partial charge in [0.05, 0.1) is 12.0 Å². The Morgan fingerprint density at radius 3 is 3.10 bits per heavy atom. The van der Waals surface area contributed by atoms with Gasteiger partial charge in [0.25, 0.3) is 5.91 Å². The molecule has 3 rings (SSSR count). The van der Waals surface area contributed by atoms with E-state index in [1.807, 2.05) is 0 Å². The molecule has 1 N–H and O–H groups in total. The average molecular weight is 279 g/mol. The predicted molar refractivity (Wildman–Crippen MR) is 67.8 cm³/mol. The second-order valence-electron chi connectivity index (χ2n) is 5.32. The van der Waals surface area contributed by atoms with Crippen molar-refractivity contribution >= 4 is 11.8 Å². The van der Waals surface area contributed by atoms with Crippen molar-refractivity contribution in [2.24, 2.45) is 11.3 Å². The molecule has 0 aliphatic carbocycles. The van der Waals surface area contributed by atoms with E-state index in [0.717, 1.165) is 0 Å². The van der Waals surface area contributed by atoms with Gasteiger partial charge in [-0.25, -0.2) is 4.98 Å². The number of carbonyl (C=O) groups excluding carboxylic acids is 2. The fourth-order valence-electron chi connectivity index (χ4n) is 3.20. The fourth-order valence-corrected chi connectivity index (χ4v) is 3.20. The molecular weight excluding hydrogens is 262 g/mol. The number of aromatic nitrogens is 1. The highest BCUT2D eigenvalue weighted by Gasteiger charge is 2.54. The molecule has 0 bridgehead atoms. The number of fused-ring (bicyclic) bond motifs is 1. The van der Waals surface area contributed by atoms with Crippen LogP contribution in [0.25, 0.3) is 0 Å². The summed E-state index contributed by atoms with van der Waals surface area (Å²) in [6, 6.07) is 0. The molecule has 0 radical (unpaired) electrons. The molecule has 2 amide bonds. The van der Waals surface area contributed by atoms with Crippen molar-refractivity contribution in [2.45, 2.75) is 6.42 Å². The molecule has 2 atom stereocenters. The zero-order valence-corrected chi connectivity index (χ0v) is 11.3. The maximum absolute atomic E-state index is 12.3. The van der Waals surface area contributed by atoms with Gasteiger partial charge < -0.3 is 19.4 Å². The predicted octanol–water partition coefficient (Wildman–Crippen LogP) is -0.101. The van der Waals surface area contributed by atoms with E-state index in [1.165, 1.54) is 12.7 Å². The van der Waals surface area contributed by atoms with Crippen LogP contribution in [0.15, 0.2) is 17.1 Å². The first-order chi connectivity index (χ1) is 9.67. The lowest BCUT2D eigenvalue weighted by Crippen LogP contribution is -2.49. The molecule has 108 valence electrons. The minimum atomic E-state index is -0.535. The highest BCUT2D eigenvalue weighted by Crippen LogP contribution is 2.42. The van der Waals surface area contributed by atoms with Gasteiger partial charge in [-0.2, -0.15) is 0 Å². The van der Waals surface area contributed by atoms with Crippen molar-refractivity contribution < 1.29 is 18.7 Å². The highest BCUT2D eigenvalue weighted by molar-refractivity contribution is 5.93. The number of rotatable bonds is 2. The summed E-state index contributed by atoms with van der Waals surface area (Å²) in [5.41, 5.74) is -0.261. The van der Waals surface area contributed by atoms with Crippen LogP contribution in [0.2, 0.25) is 0 Å². The van der Waals surface area contributed by atoms with Gasteiger partial charge in [0.2, 0.25) is 5.91 Å². The number of oxazole rings is 1. The molecule has 3 heterocycles. The molecule has 2 saturated heterocycles. The SMILES string of the molecule is CNC(=O)[C@]12CCOC[C@H]1CN(C(=O)c1cocn1)C2. The van der Waals surface area contributed by atoms with Crippen LogP contribution in [0.4, 0.5) is 0 Å². The van der Waals surface area contributed by atoms with Crippen LogP contribution >= 0.6 is 0 Å². The molecule has 7 heteroatoms. The molecule has 0 unspecified atom stereocenters. The van der Waals surface area contributed by atoms with Crippen LogP contribution < -0.4 is 5.32 Å². The molecule has 2 aliphatic rings. The molecular formula is C13H17N3O4. The summed E-state index contributed by atoms with van der Waals surface area (Å²) in [5.74, 6) is -0.176. The van der Waals surface area contributed by atoms with Crippen molar-refractivity contribution in [3.63, 3.8) is 0 Å². The van der Waals surface area contributed by atoms with Gasteiger partial charge in [-0.1, -0.05) is 0 Å². The highest BCUT2D eigenvalue weighted by atomic mass is 16.5. The number of hydrogen-bond donors (Lipinski definition) is 1. The Bertz CT molecular complexity index is 516. The van der Waals surface area contributed by atoms with E-state index in [0.29, 0.717) is 32.7 Å². The summed E-state index contributed by atoms with van der Waals surface area (Å²) in [6.45, 7) is 1.98. The summed E-state index contributed by atoms with van der Waals surface area (Å²) in [4.78, 5) is 30.2. The van der Waals surface area contributed by atoms with Crippen molar-refractivity contribution in [1.29, 1.82) is 0 Å². The standard InChI is InChI=1S/C13H17N3O4/c1-14-12(18)13-2-3-19-5-9(13)4-16(7-13)11(17)10-6-20-8-15-10/h6,8-9H,2-5,7H2,1H3,(H,14,18)/t9-,13+/m1/s1. The number of nitrogens with one attached hydrogen (secondary N) is 1. The monoisotopic (exact) mass is 279 g/mol. The lowest BCUT2D eigenvalue weighted by atomic mass is 9.73. The van der Waals surface area contributed by atoms with E-state index < -0.39 is 5.41 Å². The number of nitrogens with zero attached hydrogens (tertiary/aromatic N) is 2. The van der Waals surface area contributed by atoms with E-state index in [2.05, 4.69) is 10.3 Å². The topological polar surface area (TPSA) is 84.7 Å². The largest absolute Gasteiger partial charge is 0.451 e. The second-order valence-corrected chi connectivity index (χ2v) is 5.32. The summed E-state index contributed by atoms with van der Waals surface area (Å²) >= 11 is 0. The molecule has 1 aromatic rings. The van der Waals surface area contributed by atoms with Crippen LogP contribution in [-0.4, -0.2) is 55.0 Å². The Kier molecular flexibility index (Phi) is 3.21. The molecule has 20 heavy (non-hydrogen) atoms. The Morgan fingerprint density at radius 1 is 1.55 bits per heavy atom. The van der Waals surface area contributed by atoms with Crippen molar-refractivity contribution in [2.75, 3.05) is 33.4 Å². The minimum Gasteiger partial charge on any atom is -0.451 e. The first-order valence-electron chi connectivity index (χ1n) is 6.65. The third-order valence-corrected chi connectivity index (χ3v) is 4.32. The van der Waals surface area contributed by atoms with Crippen LogP contribution in [-0.2, 0) is 9.53 Å². The summed E-state index contributed by atoms with van der Waals surface area (Å²) < 4.78 is 10.3. The summed E-state index contributed by atoms with van der Waals surface area (Å²) in [6.07, 6.45) is 3.20. The van der Waals surface area contributed by atoms with Crippen molar-refractivity contribution in [3.05, 3.63) is 18.4 Å². The van der Waals surface area contributed by atoms with E-state index in [1.54, 1.807) is 11.9 Å². The normalized spacial score (nSPS) is 29.1. The maximum atomic E-state index is 12.3. The Balaban J connectivity index is 1.84. The van der Waals surface area contributed by atoms with Crippen LogP contribution in [0.5, 0.6) is 0 Å². The van der Waals surface area contributed by atoms with Crippen molar-refractivity contribution in [1.82, 2.24) is 15.2 Å². The summed E-state index contributed by atoms with van der Waals surface area (Å²) in [5, 5.41) is 2.72. The van der Waals surface area contributed by atoms with Gasteiger partial charge in [0.1, 0.15) is 6.26 Å². The summed E-state index contributed by atoms with van der Waals surface area (Å²) in [7, 11) is 1.63. The van der Waals surface area contributed by atoms with Gasteiger partial charge in [0.15, 0.2) is 12.1 Å². The van der Waals surface area contributed by atoms with E-state index >= 15 is 0 Å². The molecule has 1 aromatic heterocycles. The van der Waals surface area contributed by atoms with Gasteiger partial charge in [-0.3, -0.25) is 9.59 Å². The average Bonchev–Trinajstić information content (AvgIpc) is 3.13. The lowest BCUT2D eigenvalue weighted by molar-refractivity contribution is -0.138. The first kappa shape index (κ1) is 13.1. The number of amides is 2. The Hall–Kier alpha value is -1.89. The van der Waals surface area contributed by atoms with Gasteiger partial charge in [0, 0.05) is 32.7 Å².